The number of anilines is 1. The zero-order valence-electron chi connectivity index (χ0n) is 9.80. The molecule has 0 aliphatic heterocycles. The van der Waals surface area contributed by atoms with Crippen LogP contribution in [0.2, 0.25) is 0 Å². The lowest BCUT2D eigenvalue weighted by Crippen LogP contribution is -2.18. The number of nitrogens with zero attached hydrogens (tertiary/aromatic N) is 1. The van der Waals surface area contributed by atoms with Gasteiger partial charge in [-0.05, 0) is 18.2 Å². The first kappa shape index (κ1) is 14.0. The van der Waals surface area contributed by atoms with Gasteiger partial charge in [0.15, 0.2) is 0 Å². The van der Waals surface area contributed by atoms with E-state index in [4.69, 9.17) is 5.26 Å². The number of alkyl halides is 3. The molecule has 0 fully saturated rings. The summed E-state index contributed by atoms with van der Waals surface area (Å²) in [5.41, 5.74) is -1.49. The van der Waals surface area contributed by atoms with Crippen molar-refractivity contribution in [1.82, 2.24) is 0 Å². The summed E-state index contributed by atoms with van der Waals surface area (Å²) in [6.45, 7) is 3.26. The van der Waals surface area contributed by atoms with Crippen molar-refractivity contribution in [3.8, 4) is 6.07 Å². The summed E-state index contributed by atoms with van der Waals surface area (Å²) in [4.78, 5) is 11.4. The number of amides is 1. The van der Waals surface area contributed by atoms with Crippen LogP contribution >= 0.6 is 0 Å². The maximum atomic E-state index is 12.6. The number of hydrogen-bond donors (Lipinski definition) is 1. The molecule has 0 heterocycles. The SMILES string of the molecule is CC(C)C(=O)Nc1ccc(C#N)c(C(F)(F)F)c1. The molecule has 96 valence electrons. The number of benzene rings is 1. The first-order valence-electron chi connectivity index (χ1n) is 5.18. The van der Waals surface area contributed by atoms with E-state index < -0.39 is 17.3 Å². The van der Waals surface area contributed by atoms with Gasteiger partial charge in [-0.2, -0.15) is 18.4 Å². The number of rotatable bonds is 2. The van der Waals surface area contributed by atoms with E-state index in [2.05, 4.69) is 5.32 Å². The highest BCUT2D eigenvalue weighted by molar-refractivity contribution is 5.92. The van der Waals surface area contributed by atoms with E-state index in [0.717, 1.165) is 12.1 Å². The minimum atomic E-state index is -4.62. The van der Waals surface area contributed by atoms with Crippen LogP contribution in [-0.4, -0.2) is 5.91 Å². The number of nitriles is 1. The average Bonchev–Trinajstić information content (AvgIpc) is 2.27. The third-order valence-corrected chi connectivity index (χ3v) is 2.24. The molecular formula is C12H11F3N2O. The molecule has 6 heteroatoms. The smallest absolute Gasteiger partial charge is 0.326 e. The zero-order chi connectivity index (χ0) is 13.9. The summed E-state index contributed by atoms with van der Waals surface area (Å²) >= 11 is 0. The van der Waals surface area contributed by atoms with Crippen molar-refractivity contribution < 1.29 is 18.0 Å². The third kappa shape index (κ3) is 3.23. The standard InChI is InChI=1S/C12H11F3N2O/c1-7(2)11(18)17-9-4-3-8(6-16)10(5-9)12(13,14)15/h3-5,7H,1-2H3,(H,17,18). The van der Waals surface area contributed by atoms with E-state index in [1.54, 1.807) is 13.8 Å². The van der Waals surface area contributed by atoms with Crippen LogP contribution in [0.1, 0.15) is 25.0 Å². The summed E-state index contributed by atoms with van der Waals surface area (Å²) in [5, 5.41) is 11.0. The number of carbonyl (C=O) groups excluding carboxylic acids is 1. The summed E-state index contributed by atoms with van der Waals surface area (Å²) in [5.74, 6) is -0.720. The van der Waals surface area contributed by atoms with Gasteiger partial charge in [0.25, 0.3) is 0 Å². The Kier molecular flexibility index (Phi) is 3.96. The molecule has 0 atom stereocenters. The molecule has 0 bridgehead atoms. The Bertz CT molecular complexity index is 501. The predicted molar refractivity (Wildman–Crippen MR) is 59.6 cm³/mol. The van der Waals surface area contributed by atoms with E-state index in [1.807, 2.05) is 0 Å². The Morgan fingerprint density at radius 3 is 2.44 bits per heavy atom. The first-order valence-corrected chi connectivity index (χ1v) is 5.18. The summed E-state index contributed by atoms with van der Waals surface area (Å²) in [6.07, 6.45) is -4.62. The van der Waals surface area contributed by atoms with Gasteiger partial charge in [-0.15, -0.1) is 0 Å². The Hall–Kier alpha value is -2.03. The van der Waals surface area contributed by atoms with E-state index in [0.29, 0.717) is 0 Å². The van der Waals surface area contributed by atoms with Crippen LogP contribution in [0, 0.1) is 17.2 Å². The van der Waals surface area contributed by atoms with Crippen LogP contribution < -0.4 is 5.32 Å². The van der Waals surface area contributed by atoms with Crippen molar-refractivity contribution in [3.63, 3.8) is 0 Å². The van der Waals surface area contributed by atoms with Crippen LogP contribution in [0.15, 0.2) is 18.2 Å². The average molecular weight is 256 g/mol. The van der Waals surface area contributed by atoms with Crippen LogP contribution in [0.25, 0.3) is 0 Å². The van der Waals surface area contributed by atoms with Gasteiger partial charge in [-0.25, -0.2) is 0 Å². The highest BCUT2D eigenvalue weighted by Crippen LogP contribution is 2.33. The second-order valence-electron chi connectivity index (χ2n) is 4.01. The highest BCUT2D eigenvalue weighted by Gasteiger charge is 2.33. The third-order valence-electron chi connectivity index (χ3n) is 2.24. The number of carbonyl (C=O) groups is 1. The molecule has 3 nitrogen and oxygen atoms in total. The van der Waals surface area contributed by atoms with Crippen molar-refractivity contribution in [2.75, 3.05) is 5.32 Å². The van der Waals surface area contributed by atoms with Crippen molar-refractivity contribution in [2.45, 2.75) is 20.0 Å². The topological polar surface area (TPSA) is 52.9 Å². The molecule has 1 aromatic carbocycles. The second-order valence-corrected chi connectivity index (χ2v) is 4.01. The Morgan fingerprint density at radius 1 is 1.39 bits per heavy atom. The van der Waals surface area contributed by atoms with Crippen LogP contribution in [0.5, 0.6) is 0 Å². The van der Waals surface area contributed by atoms with E-state index >= 15 is 0 Å². The number of halogens is 3. The maximum absolute atomic E-state index is 12.6. The van der Waals surface area contributed by atoms with Crippen LogP contribution in [0.4, 0.5) is 18.9 Å². The summed E-state index contributed by atoms with van der Waals surface area (Å²) in [6, 6.07) is 4.55. The lowest BCUT2D eigenvalue weighted by Gasteiger charge is -2.12. The van der Waals surface area contributed by atoms with Crippen LogP contribution in [-0.2, 0) is 11.0 Å². The van der Waals surface area contributed by atoms with Gasteiger partial charge >= 0.3 is 6.18 Å². The molecule has 18 heavy (non-hydrogen) atoms. The molecule has 0 spiro atoms. The number of hydrogen-bond acceptors (Lipinski definition) is 2. The molecule has 1 rings (SSSR count). The van der Waals surface area contributed by atoms with Crippen molar-refractivity contribution in [2.24, 2.45) is 5.92 Å². The van der Waals surface area contributed by atoms with E-state index in [-0.39, 0.29) is 17.5 Å². The van der Waals surface area contributed by atoms with Gasteiger partial charge in [0.2, 0.25) is 5.91 Å². The minimum Gasteiger partial charge on any atom is -0.326 e. The molecule has 0 saturated heterocycles. The normalized spacial score (nSPS) is 11.2. The summed E-state index contributed by atoms with van der Waals surface area (Å²) in [7, 11) is 0. The largest absolute Gasteiger partial charge is 0.417 e. The highest BCUT2D eigenvalue weighted by atomic mass is 19.4. The van der Waals surface area contributed by atoms with Gasteiger partial charge in [-0.1, -0.05) is 13.8 Å². The second kappa shape index (κ2) is 5.08. The molecule has 0 radical (unpaired) electrons. The van der Waals surface area contributed by atoms with Gasteiger partial charge in [0, 0.05) is 11.6 Å². The predicted octanol–water partition coefficient (Wildman–Crippen LogP) is 3.17. The molecule has 0 saturated carbocycles. The lowest BCUT2D eigenvalue weighted by atomic mass is 10.1. The van der Waals surface area contributed by atoms with Gasteiger partial charge in [0.05, 0.1) is 17.2 Å². The van der Waals surface area contributed by atoms with Crippen molar-refractivity contribution in [3.05, 3.63) is 29.3 Å². The molecule has 0 aliphatic carbocycles. The fraction of sp³-hybridized carbons (Fsp3) is 0.333. The fourth-order valence-corrected chi connectivity index (χ4v) is 1.24. The van der Waals surface area contributed by atoms with Gasteiger partial charge < -0.3 is 5.32 Å². The molecular weight excluding hydrogens is 245 g/mol. The maximum Gasteiger partial charge on any atom is 0.417 e. The fourth-order valence-electron chi connectivity index (χ4n) is 1.24. The molecule has 1 amide bonds. The number of nitrogens with one attached hydrogen (secondary N) is 1. The summed E-state index contributed by atoms with van der Waals surface area (Å²) < 4.78 is 37.9. The van der Waals surface area contributed by atoms with Crippen molar-refractivity contribution >= 4 is 11.6 Å². The Balaban J connectivity index is 3.13. The Morgan fingerprint density at radius 2 is 2.00 bits per heavy atom. The van der Waals surface area contributed by atoms with Gasteiger partial charge in [-0.3, -0.25) is 4.79 Å². The zero-order valence-corrected chi connectivity index (χ0v) is 9.80. The molecule has 0 aromatic heterocycles. The molecule has 0 unspecified atom stereocenters. The molecule has 0 aliphatic rings. The van der Waals surface area contributed by atoms with E-state index in [1.165, 1.54) is 12.1 Å². The van der Waals surface area contributed by atoms with Crippen molar-refractivity contribution in [1.29, 1.82) is 5.26 Å². The Labute approximate surface area is 102 Å². The van der Waals surface area contributed by atoms with Crippen LogP contribution in [0.3, 0.4) is 0 Å². The van der Waals surface area contributed by atoms with Gasteiger partial charge in [0.1, 0.15) is 0 Å². The van der Waals surface area contributed by atoms with E-state index in [9.17, 15) is 18.0 Å². The first-order chi connectivity index (χ1) is 8.25. The quantitative estimate of drug-likeness (QED) is 0.883. The molecule has 1 N–H and O–H groups in total. The lowest BCUT2D eigenvalue weighted by molar-refractivity contribution is -0.137. The monoisotopic (exact) mass is 256 g/mol. The molecule has 1 aromatic rings. The minimum absolute atomic E-state index is 0.0278.